The molecule has 1 unspecified atom stereocenters. The summed E-state index contributed by atoms with van der Waals surface area (Å²) in [7, 11) is 0. The van der Waals surface area contributed by atoms with Gasteiger partial charge in [-0.15, -0.1) is 0 Å². The van der Waals surface area contributed by atoms with Gasteiger partial charge in [-0.05, 0) is 46.9 Å². The molecule has 2 N–H and O–H groups in total. The number of phenolic OH excluding ortho intramolecular Hbond substituents is 1. The van der Waals surface area contributed by atoms with Crippen molar-refractivity contribution < 1.29 is 10.2 Å². The molecule has 2 aromatic carbocycles. The lowest BCUT2D eigenvalue weighted by atomic mass is 9.77. The Bertz CT molecular complexity index is 854. The number of rotatable bonds is 3. The summed E-state index contributed by atoms with van der Waals surface area (Å²) in [6, 6.07) is 14.4. The van der Waals surface area contributed by atoms with Crippen LogP contribution in [0.2, 0.25) is 0 Å². The summed E-state index contributed by atoms with van der Waals surface area (Å²) in [4.78, 5) is 0. The largest absolute Gasteiger partial charge is 0.508 e. The first-order chi connectivity index (χ1) is 11.6. The molecule has 0 amide bonds. The summed E-state index contributed by atoms with van der Waals surface area (Å²) in [6.07, 6.45) is 9.61. The van der Waals surface area contributed by atoms with Gasteiger partial charge in [-0.1, -0.05) is 73.4 Å². The topological polar surface area (TPSA) is 40.5 Å². The van der Waals surface area contributed by atoms with Gasteiger partial charge in [0.2, 0.25) is 0 Å². The predicted octanol–water partition coefficient (Wildman–Crippen LogP) is 4.71. The van der Waals surface area contributed by atoms with Gasteiger partial charge in [-0.3, -0.25) is 0 Å². The third-order valence-electron chi connectivity index (χ3n) is 4.33. The van der Waals surface area contributed by atoms with Crippen LogP contribution in [0, 0.1) is 0 Å². The Morgan fingerprint density at radius 2 is 1.71 bits per heavy atom. The molecule has 3 rings (SSSR count). The van der Waals surface area contributed by atoms with E-state index in [2.05, 4.69) is 6.58 Å². The Kier molecular flexibility index (Phi) is 4.24. The number of fused-ring (bicyclic) bond motifs is 1. The molecule has 0 fully saturated rings. The van der Waals surface area contributed by atoms with Crippen LogP contribution in [0.4, 0.5) is 0 Å². The van der Waals surface area contributed by atoms with Gasteiger partial charge in [0.1, 0.15) is 11.4 Å². The van der Waals surface area contributed by atoms with Crippen LogP contribution in [0.5, 0.6) is 5.75 Å². The average Bonchev–Trinajstić information content (AvgIpc) is 2.72. The highest BCUT2D eigenvalue weighted by molar-refractivity contribution is 5.69. The molecule has 0 spiro atoms. The van der Waals surface area contributed by atoms with Crippen LogP contribution in [0.3, 0.4) is 0 Å². The summed E-state index contributed by atoms with van der Waals surface area (Å²) in [5.41, 5.74) is 2.71. The maximum Gasteiger partial charge on any atom is 0.141 e. The monoisotopic (exact) mass is 316 g/mol. The molecule has 1 aliphatic carbocycles. The minimum absolute atomic E-state index is 0.167. The fourth-order valence-corrected chi connectivity index (χ4v) is 3.20. The van der Waals surface area contributed by atoms with Crippen molar-refractivity contribution in [1.82, 2.24) is 0 Å². The second kappa shape index (κ2) is 6.34. The SMILES string of the molecule is C=CC1=C(/C=C\C)C=Cc2ccccc2C1(O)c1ccc(O)cc1. The van der Waals surface area contributed by atoms with Crippen molar-refractivity contribution in [2.45, 2.75) is 12.5 Å². The molecule has 1 aliphatic rings. The van der Waals surface area contributed by atoms with Crippen molar-refractivity contribution in [1.29, 1.82) is 0 Å². The van der Waals surface area contributed by atoms with Gasteiger partial charge in [0.05, 0.1) is 0 Å². The number of aromatic hydroxyl groups is 1. The minimum atomic E-state index is -1.34. The standard InChI is InChI=1S/C22H20O2/c1-3-7-16-10-11-17-8-5-6-9-21(17)22(24,20(16)4-2)18-12-14-19(23)15-13-18/h3-15,23-24H,2H2,1H3/b7-3-. The van der Waals surface area contributed by atoms with Gasteiger partial charge in [0.25, 0.3) is 0 Å². The van der Waals surface area contributed by atoms with E-state index >= 15 is 0 Å². The van der Waals surface area contributed by atoms with E-state index in [-0.39, 0.29) is 5.75 Å². The van der Waals surface area contributed by atoms with E-state index in [9.17, 15) is 10.2 Å². The van der Waals surface area contributed by atoms with Crippen molar-refractivity contribution in [3.8, 4) is 5.75 Å². The maximum absolute atomic E-state index is 11.8. The highest BCUT2D eigenvalue weighted by atomic mass is 16.3. The van der Waals surface area contributed by atoms with E-state index in [0.29, 0.717) is 11.1 Å². The number of phenols is 1. The third kappa shape index (κ3) is 2.51. The van der Waals surface area contributed by atoms with E-state index < -0.39 is 5.60 Å². The molecule has 0 aliphatic heterocycles. The first-order valence-corrected chi connectivity index (χ1v) is 7.90. The quantitative estimate of drug-likeness (QED) is 0.860. The van der Waals surface area contributed by atoms with Gasteiger partial charge in [0, 0.05) is 0 Å². The highest BCUT2D eigenvalue weighted by Gasteiger charge is 2.38. The lowest BCUT2D eigenvalue weighted by Gasteiger charge is -2.32. The number of allylic oxidation sites excluding steroid dienone is 4. The fourth-order valence-electron chi connectivity index (χ4n) is 3.20. The first-order valence-electron chi connectivity index (χ1n) is 7.90. The van der Waals surface area contributed by atoms with E-state index in [1.807, 2.05) is 55.5 Å². The normalized spacial score (nSPS) is 20.1. The molecular weight excluding hydrogens is 296 g/mol. The van der Waals surface area contributed by atoms with Gasteiger partial charge in [-0.2, -0.15) is 0 Å². The summed E-state index contributed by atoms with van der Waals surface area (Å²) in [6.45, 7) is 5.88. The summed E-state index contributed by atoms with van der Waals surface area (Å²) < 4.78 is 0. The second-order valence-corrected chi connectivity index (χ2v) is 5.75. The van der Waals surface area contributed by atoms with Gasteiger partial charge >= 0.3 is 0 Å². The van der Waals surface area contributed by atoms with Crippen LogP contribution in [-0.2, 0) is 5.60 Å². The van der Waals surface area contributed by atoms with Crippen LogP contribution in [-0.4, -0.2) is 10.2 Å². The number of hydrogen-bond donors (Lipinski definition) is 2. The van der Waals surface area contributed by atoms with Gasteiger partial charge in [0.15, 0.2) is 0 Å². The van der Waals surface area contributed by atoms with Crippen LogP contribution in [0.25, 0.3) is 6.08 Å². The van der Waals surface area contributed by atoms with E-state index in [4.69, 9.17) is 0 Å². The summed E-state index contributed by atoms with van der Waals surface area (Å²) in [5.74, 6) is 0.167. The van der Waals surface area contributed by atoms with E-state index in [0.717, 1.165) is 16.7 Å². The van der Waals surface area contributed by atoms with Crippen molar-refractivity contribution in [3.63, 3.8) is 0 Å². The van der Waals surface area contributed by atoms with Crippen LogP contribution < -0.4 is 0 Å². The zero-order chi connectivity index (χ0) is 17.2. The smallest absolute Gasteiger partial charge is 0.141 e. The summed E-state index contributed by atoms with van der Waals surface area (Å²) in [5, 5.41) is 21.4. The zero-order valence-electron chi connectivity index (χ0n) is 13.6. The Morgan fingerprint density at radius 1 is 1.00 bits per heavy atom. The maximum atomic E-state index is 11.8. The molecule has 0 saturated heterocycles. The average molecular weight is 316 g/mol. The van der Waals surface area contributed by atoms with Crippen molar-refractivity contribution in [2.75, 3.05) is 0 Å². The van der Waals surface area contributed by atoms with Crippen LogP contribution in [0.1, 0.15) is 23.6 Å². The molecule has 24 heavy (non-hydrogen) atoms. The predicted molar refractivity (Wildman–Crippen MR) is 98.6 cm³/mol. The molecule has 120 valence electrons. The second-order valence-electron chi connectivity index (χ2n) is 5.75. The van der Waals surface area contributed by atoms with Gasteiger partial charge in [-0.25, -0.2) is 0 Å². The van der Waals surface area contributed by atoms with Crippen molar-refractivity contribution >= 4 is 6.08 Å². The number of benzene rings is 2. The molecule has 0 heterocycles. The lowest BCUT2D eigenvalue weighted by molar-refractivity contribution is 0.124. The molecule has 0 aromatic heterocycles. The first kappa shape index (κ1) is 16.0. The Morgan fingerprint density at radius 3 is 2.38 bits per heavy atom. The summed E-state index contributed by atoms with van der Waals surface area (Å²) >= 11 is 0. The van der Waals surface area contributed by atoms with E-state index in [1.165, 1.54) is 0 Å². The van der Waals surface area contributed by atoms with Crippen molar-refractivity contribution in [2.24, 2.45) is 0 Å². The molecule has 1 atom stereocenters. The Balaban J connectivity index is 2.38. The molecule has 0 saturated carbocycles. The fraction of sp³-hybridized carbons (Fsp3) is 0.0909. The lowest BCUT2D eigenvalue weighted by Crippen LogP contribution is -2.30. The third-order valence-corrected chi connectivity index (χ3v) is 4.33. The van der Waals surface area contributed by atoms with Crippen LogP contribution >= 0.6 is 0 Å². The molecule has 0 bridgehead atoms. The number of hydrogen-bond acceptors (Lipinski definition) is 2. The Hall–Kier alpha value is -2.84. The van der Waals surface area contributed by atoms with E-state index in [1.54, 1.807) is 30.3 Å². The zero-order valence-corrected chi connectivity index (χ0v) is 13.6. The Labute approximate surface area is 142 Å². The highest BCUT2D eigenvalue weighted by Crippen LogP contribution is 2.43. The number of aliphatic hydroxyl groups is 1. The van der Waals surface area contributed by atoms with Crippen LogP contribution in [0.15, 0.2) is 90.6 Å². The molecule has 0 radical (unpaired) electrons. The van der Waals surface area contributed by atoms with Gasteiger partial charge < -0.3 is 10.2 Å². The van der Waals surface area contributed by atoms with Crippen molar-refractivity contribution in [3.05, 3.63) is 107 Å². The molecule has 2 nitrogen and oxygen atoms in total. The molecule has 2 heteroatoms. The molecule has 2 aromatic rings. The molecular formula is C22H20O2. The minimum Gasteiger partial charge on any atom is -0.508 e.